The van der Waals surface area contributed by atoms with Crippen LogP contribution in [0.2, 0.25) is 0 Å². The van der Waals surface area contributed by atoms with E-state index in [1.807, 2.05) is 24.0 Å². The Hall–Kier alpha value is 0.220. The van der Waals surface area contributed by atoms with E-state index in [1.54, 1.807) is 0 Å². The molecule has 1 aromatic rings. The van der Waals surface area contributed by atoms with Crippen LogP contribution in [0.15, 0.2) is 21.2 Å². The molecular formula is C11H15Br2N3S. The van der Waals surface area contributed by atoms with Crippen LogP contribution >= 0.6 is 43.6 Å². The molecule has 0 spiro atoms. The number of hydrogen-bond acceptors (Lipinski definition) is 4. The third kappa shape index (κ3) is 4.43. The van der Waals surface area contributed by atoms with E-state index >= 15 is 0 Å². The standard InChI is InChI=1S/C11H15Br2N3S/c12-9-7-10(13)11(15-8-9)14-1-2-16-3-5-17-6-4-16/h7-8H,1-6H2,(H,14,15). The first-order valence-corrected chi connectivity index (χ1v) is 8.35. The van der Waals surface area contributed by atoms with Crippen LogP contribution in [0.3, 0.4) is 0 Å². The maximum absolute atomic E-state index is 4.33. The molecule has 1 aliphatic heterocycles. The minimum absolute atomic E-state index is 0.916. The average molecular weight is 381 g/mol. The Morgan fingerprint density at radius 2 is 2.12 bits per heavy atom. The second-order valence-electron chi connectivity index (χ2n) is 3.86. The van der Waals surface area contributed by atoms with Crippen LogP contribution in [0.25, 0.3) is 0 Å². The summed E-state index contributed by atoms with van der Waals surface area (Å²) in [5.74, 6) is 3.44. The molecule has 1 fully saturated rings. The van der Waals surface area contributed by atoms with Gasteiger partial charge in [-0.3, -0.25) is 4.90 Å². The number of rotatable bonds is 4. The monoisotopic (exact) mass is 379 g/mol. The largest absolute Gasteiger partial charge is 0.368 e. The molecule has 2 rings (SSSR count). The highest BCUT2D eigenvalue weighted by Gasteiger charge is 2.09. The highest BCUT2D eigenvalue weighted by molar-refractivity contribution is 9.11. The molecule has 1 aliphatic rings. The average Bonchev–Trinajstić information content (AvgIpc) is 2.33. The zero-order valence-electron chi connectivity index (χ0n) is 9.46. The van der Waals surface area contributed by atoms with Gasteiger partial charge in [-0.1, -0.05) is 0 Å². The zero-order valence-corrected chi connectivity index (χ0v) is 13.4. The van der Waals surface area contributed by atoms with Crippen LogP contribution < -0.4 is 5.32 Å². The molecule has 1 N–H and O–H groups in total. The van der Waals surface area contributed by atoms with Crippen molar-refractivity contribution in [1.29, 1.82) is 0 Å². The maximum Gasteiger partial charge on any atom is 0.140 e. The van der Waals surface area contributed by atoms with Crippen LogP contribution in [0.5, 0.6) is 0 Å². The van der Waals surface area contributed by atoms with E-state index in [1.165, 1.54) is 24.6 Å². The van der Waals surface area contributed by atoms with Crippen molar-refractivity contribution in [3.8, 4) is 0 Å². The first-order chi connectivity index (χ1) is 8.25. The third-order valence-electron chi connectivity index (χ3n) is 2.63. The summed E-state index contributed by atoms with van der Waals surface area (Å²) >= 11 is 8.94. The lowest BCUT2D eigenvalue weighted by molar-refractivity contribution is 0.314. The topological polar surface area (TPSA) is 28.2 Å². The van der Waals surface area contributed by atoms with Crippen molar-refractivity contribution in [2.24, 2.45) is 0 Å². The molecule has 0 radical (unpaired) electrons. The van der Waals surface area contributed by atoms with E-state index in [-0.39, 0.29) is 0 Å². The summed E-state index contributed by atoms with van der Waals surface area (Å²) in [5, 5.41) is 3.36. The minimum atomic E-state index is 0.916. The van der Waals surface area contributed by atoms with Crippen LogP contribution in [0.1, 0.15) is 0 Å². The van der Waals surface area contributed by atoms with Crippen molar-refractivity contribution in [3.05, 3.63) is 21.2 Å². The van der Waals surface area contributed by atoms with Gasteiger partial charge in [0.15, 0.2) is 0 Å². The molecule has 0 bridgehead atoms. The summed E-state index contributed by atoms with van der Waals surface area (Å²) in [7, 11) is 0. The molecule has 6 heteroatoms. The Morgan fingerprint density at radius 1 is 1.35 bits per heavy atom. The van der Waals surface area contributed by atoms with Crippen molar-refractivity contribution >= 4 is 49.4 Å². The van der Waals surface area contributed by atoms with Gasteiger partial charge >= 0.3 is 0 Å². The number of halogens is 2. The van der Waals surface area contributed by atoms with Gasteiger partial charge in [-0.2, -0.15) is 11.8 Å². The first-order valence-electron chi connectivity index (χ1n) is 5.61. The molecule has 94 valence electrons. The Kier molecular flexibility index (Phi) is 5.59. The van der Waals surface area contributed by atoms with E-state index < -0.39 is 0 Å². The highest BCUT2D eigenvalue weighted by atomic mass is 79.9. The lowest BCUT2D eigenvalue weighted by Crippen LogP contribution is -2.36. The summed E-state index contributed by atoms with van der Waals surface area (Å²) in [6, 6.07) is 2.01. The summed E-state index contributed by atoms with van der Waals surface area (Å²) < 4.78 is 1.99. The zero-order chi connectivity index (χ0) is 12.1. The molecule has 17 heavy (non-hydrogen) atoms. The molecule has 0 amide bonds. The number of pyridine rings is 1. The summed E-state index contributed by atoms with van der Waals surface area (Å²) in [6.45, 7) is 4.45. The molecule has 0 saturated carbocycles. The molecule has 1 saturated heterocycles. The molecular weight excluding hydrogens is 366 g/mol. The summed E-state index contributed by atoms with van der Waals surface area (Å²) in [4.78, 5) is 6.83. The van der Waals surface area contributed by atoms with E-state index in [0.29, 0.717) is 0 Å². The number of aromatic nitrogens is 1. The number of thioether (sulfide) groups is 1. The quantitative estimate of drug-likeness (QED) is 0.868. The molecule has 1 aromatic heterocycles. The van der Waals surface area contributed by atoms with Gasteiger partial charge in [-0.25, -0.2) is 4.98 Å². The van der Waals surface area contributed by atoms with Crippen LogP contribution in [0.4, 0.5) is 5.82 Å². The van der Waals surface area contributed by atoms with Gasteiger partial charge in [0.2, 0.25) is 0 Å². The van der Waals surface area contributed by atoms with Crippen molar-refractivity contribution < 1.29 is 0 Å². The number of nitrogens with one attached hydrogen (secondary N) is 1. The fourth-order valence-corrected chi connectivity index (χ4v) is 3.81. The van der Waals surface area contributed by atoms with Crippen LogP contribution in [-0.2, 0) is 0 Å². The Morgan fingerprint density at radius 3 is 2.82 bits per heavy atom. The van der Waals surface area contributed by atoms with E-state index in [4.69, 9.17) is 0 Å². The normalized spacial score (nSPS) is 17.1. The fraction of sp³-hybridized carbons (Fsp3) is 0.545. The molecule has 0 unspecified atom stereocenters. The summed E-state index contributed by atoms with van der Waals surface area (Å²) in [6.07, 6.45) is 1.81. The lowest BCUT2D eigenvalue weighted by Gasteiger charge is -2.26. The van der Waals surface area contributed by atoms with Gasteiger partial charge < -0.3 is 5.32 Å². The van der Waals surface area contributed by atoms with Gasteiger partial charge in [0.25, 0.3) is 0 Å². The predicted molar refractivity (Wildman–Crippen MR) is 81.9 cm³/mol. The molecule has 0 aromatic carbocycles. The molecule has 0 aliphatic carbocycles. The van der Waals surface area contributed by atoms with E-state index in [0.717, 1.165) is 27.9 Å². The van der Waals surface area contributed by atoms with E-state index in [9.17, 15) is 0 Å². The molecule has 2 heterocycles. The van der Waals surface area contributed by atoms with Gasteiger partial charge in [-0.15, -0.1) is 0 Å². The fourth-order valence-electron chi connectivity index (χ4n) is 1.70. The number of hydrogen-bond donors (Lipinski definition) is 1. The second-order valence-corrected chi connectivity index (χ2v) is 6.86. The first kappa shape index (κ1) is 13.6. The van der Waals surface area contributed by atoms with E-state index in [2.05, 4.69) is 47.1 Å². The van der Waals surface area contributed by atoms with Crippen LogP contribution in [-0.4, -0.2) is 47.6 Å². The van der Waals surface area contributed by atoms with Crippen molar-refractivity contribution in [1.82, 2.24) is 9.88 Å². The van der Waals surface area contributed by atoms with Crippen molar-refractivity contribution in [3.63, 3.8) is 0 Å². The van der Waals surface area contributed by atoms with Gasteiger partial charge in [0.1, 0.15) is 5.82 Å². The Bertz CT molecular complexity index is 370. The third-order valence-corrected chi connectivity index (χ3v) is 4.61. The van der Waals surface area contributed by atoms with Gasteiger partial charge in [-0.05, 0) is 37.9 Å². The van der Waals surface area contributed by atoms with Crippen molar-refractivity contribution in [2.45, 2.75) is 0 Å². The van der Waals surface area contributed by atoms with Crippen molar-refractivity contribution in [2.75, 3.05) is 43.0 Å². The van der Waals surface area contributed by atoms with Gasteiger partial charge in [0, 0.05) is 48.4 Å². The van der Waals surface area contributed by atoms with Crippen LogP contribution in [0, 0.1) is 0 Å². The minimum Gasteiger partial charge on any atom is -0.368 e. The molecule has 0 atom stereocenters. The second kappa shape index (κ2) is 6.97. The predicted octanol–water partition coefficient (Wildman–Crippen LogP) is 3.07. The summed E-state index contributed by atoms with van der Waals surface area (Å²) in [5.41, 5.74) is 0. The number of nitrogens with zero attached hydrogens (tertiary/aromatic N) is 2. The lowest BCUT2D eigenvalue weighted by atomic mass is 10.4. The smallest absolute Gasteiger partial charge is 0.140 e. The maximum atomic E-state index is 4.33. The highest BCUT2D eigenvalue weighted by Crippen LogP contribution is 2.23. The SMILES string of the molecule is Brc1cnc(NCCN2CCSCC2)c(Br)c1. The van der Waals surface area contributed by atoms with Gasteiger partial charge in [0.05, 0.1) is 4.47 Å². The number of anilines is 1. The Labute approximate surface area is 123 Å². The Balaban J connectivity index is 1.77. The molecule has 3 nitrogen and oxygen atoms in total.